The van der Waals surface area contributed by atoms with Gasteiger partial charge in [0.1, 0.15) is 17.4 Å². The fourth-order valence-corrected chi connectivity index (χ4v) is 5.04. The Morgan fingerprint density at radius 2 is 1.78 bits per heavy atom. The van der Waals surface area contributed by atoms with Gasteiger partial charge in [0.05, 0.1) is 17.8 Å². The predicted molar refractivity (Wildman–Crippen MR) is 150 cm³/mol. The summed E-state index contributed by atoms with van der Waals surface area (Å²) < 4.78 is 40.2. The van der Waals surface area contributed by atoms with E-state index in [-0.39, 0.29) is 62.7 Å². The number of rotatable bonds is 6. The molecular formula is C28H26Cl2F3N5O3. The quantitative estimate of drug-likeness (QED) is 0.416. The van der Waals surface area contributed by atoms with Crippen molar-refractivity contribution >= 4 is 29.1 Å². The number of alkyl halides is 3. The molecule has 1 aromatic heterocycles. The van der Waals surface area contributed by atoms with Gasteiger partial charge in [-0.2, -0.15) is 18.4 Å². The van der Waals surface area contributed by atoms with E-state index >= 15 is 0 Å². The van der Waals surface area contributed by atoms with Gasteiger partial charge in [0, 0.05) is 72.1 Å². The van der Waals surface area contributed by atoms with Crippen LogP contribution < -0.4 is 5.56 Å². The molecule has 0 bridgehead atoms. The number of carbonyl (C=O) groups is 1. The van der Waals surface area contributed by atoms with Crippen LogP contribution in [0.5, 0.6) is 5.75 Å². The van der Waals surface area contributed by atoms with Crippen LogP contribution in [-0.2, 0) is 17.5 Å². The molecule has 1 saturated heterocycles. The van der Waals surface area contributed by atoms with Crippen molar-refractivity contribution in [3.63, 3.8) is 0 Å². The van der Waals surface area contributed by atoms with E-state index in [9.17, 15) is 33.1 Å². The van der Waals surface area contributed by atoms with Gasteiger partial charge in [0.25, 0.3) is 5.56 Å². The van der Waals surface area contributed by atoms with Gasteiger partial charge in [0.2, 0.25) is 5.91 Å². The molecule has 4 rings (SSSR count). The van der Waals surface area contributed by atoms with E-state index in [0.717, 1.165) is 44.4 Å². The Morgan fingerprint density at radius 1 is 1.10 bits per heavy atom. The number of aromatic nitrogens is 1. The molecule has 1 fully saturated rings. The summed E-state index contributed by atoms with van der Waals surface area (Å²) in [5.41, 5.74) is -2.36. The smallest absolute Gasteiger partial charge is 0.416 e. The van der Waals surface area contributed by atoms with E-state index in [0.29, 0.717) is 0 Å². The van der Waals surface area contributed by atoms with E-state index in [1.165, 1.54) is 23.1 Å². The second kappa shape index (κ2) is 12.1. The lowest BCUT2D eigenvalue weighted by molar-refractivity contribution is -0.137. The number of nitrogens with one attached hydrogen (secondary N) is 1. The topological polar surface area (TPSA) is 104 Å². The third-order valence-corrected chi connectivity index (χ3v) is 7.51. The van der Waals surface area contributed by atoms with E-state index < -0.39 is 22.9 Å². The van der Waals surface area contributed by atoms with Gasteiger partial charge in [-0.15, -0.1) is 0 Å². The average Bonchev–Trinajstić information content (AvgIpc) is 2.90. The van der Waals surface area contributed by atoms with Gasteiger partial charge in [0.15, 0.2) is 0 Å². The monoisotopic (exact) mass is 607 g/mol. The predicted octanol–water partition coefficient (Wildman–Crippen LogP) is 4.82. The molecule has 1 aliphatic rings. The Morgan fingerprint density at radius 3 is 2.41 bits per heavy atom. The fourth-order valence-electron chi connectivity index (χ4n) is 4.58. The minimum Gasteiger partial charge on any atom is -0.507 e. The van der Waals surface area contributed by atoms with Gasteiger partial charge >= 0.3 is 6.18 Å². The molecule has 0 saturated carbocycles. The van der Waals surface area contributed by atoms with Crippen LogP contribution in [0.2, 0.25) is 10.0 Å². The number of hydrogen-bond acceptors (Lipinski definition) is 6. The zero-order chi connectivity index (χ0) is 30.1. The first-order chi connectivity index (χ1) is 19.3. The highest BCUT2D eigenvalue weighted by molar-refractivity contribution is 6.33. The van der Waals surface area contributed by atoms with Crippen LogP contribution in [0.15, 0.2) is 41.2 Å². The highest BCUT2D eigenvalue weighted by Gasteiger charge is 2.31. The number of carbonyl (C=O) groups excluding carboxylic acids is 1. The molecule has 1 amide bonds. The summed E-state index contributed by atoms with van der Waals surface area (Å²) in [7, 11) is 3.61. The van der Waals surface area contributed by atoms with Crippen LogP contribution in [0.3, 0.4) is 0 Å². The summed E-state index contributed by atoms with van der Waals surface area (Å²) in [6.07, 6.45) is -4.69. The van der Waals surface area contributed by atoms with Crippen molar-refractivity contribution in [2.24, 2.45) is 0 Å². The van der Waals surface area contributed by atoms with Gasteiger partial charge in [-0.3, -0.25) is 14.5 Å². The number of phenols is 1. The highest BCUT2D eigenvalue weighted by Crippen LogP contribution is 2.40. The summed E-state index contributed by atoms with van der Waals surface area (Å²) >= 11 is 12.5. The standard InChI is InChI=1S/C28H26Cl2F3N5O3/c1-36-5-7-38(8-6-36)15-25(39)37(2)14-16-9-18(29)11-21(26(16)40)24-12-19(22(13-34)27(41)35-24)20-10-17(28(31,32)33)3-4-23(20)30/h3-4,9-12,40H,5-8,14-15H2,1-2H3,(H,35,41). The average molecular weight is 608 g/mol. The number of halogens is 5. The SMILES string of the molecule is CN1CCN(CC(=O)N(C)Cc2cc(Cl)cc(-c3cc(-c4cc(C(F)(F)F)ccc4Cl)c(C#N)c(=O)[nH]3)c2O)CC1. The number of phenolic OH excluding ortho intramolecular Hbond substituents is 1. The molecule has 0 atom stereocenters. The largest absolute Gasteiger partial charge is 0.507 e. The molecule has 3 aromatic rings. The molecule has 2 N–H and O–H groups in total. The maximum atomic E-state index is 13.4. The number of benzene rings is 2. The molecule has 2 aromatic carbocycles. The molecule has 0 unspecified atom stereocenters. The van der Waals surface area contributed by atoms with Crippen molar-refractivity contribution in [1.29, 1.82) is 5.26 Å². The summed E-state index contributed by atoms with van der Waals surface area (Å²) in [4.78, 5) is 33.9. The van der Waals surface area contributed by atoms with Crippen molar-refractivity contribution in [1.82, 2.24) is 19.7 Å². The maximum Gasteiger partial charge on any atom is 0.416 e. The minimum atomic E-state index is -4.69. The molecule has 1 aliphatic heterocycles. The third-order valence-electron chi connectivity index (χ3n) is 6.96. The normalized spacial score (nSPS) is 14.6. The Balaban J connectivity index is 1.71. The molecule has 2 heterocycles. The number of aromatic hydroxyl groups is 1. The van der Waals surface area contributed by atoms with Gasteiger partial charge in [-0.05, 0) is 43.4 Å². The number of amides is 1. The van der Waals surface area contributed by atoms with Gasteiger partial charge in [-0.1, -0.05) is 23.2 Å². The van der Waals surface area contributed by atoms with Crippen molar-refractivity contribution < 1.29 is 23.1 Å². The summed E-state index contributed by atoms with van der Waals surface area (Å²) in [6.45, 7) is 3.43. The van der Waals surface area contributed by atoms with Crippen molar-refractivity contribution in [3.05, 3.63) is 73.5 Å². The number of aromatic amines is 1. The summed E-state index contributed by atoms with van der Waals surface area (Å²) in [5.74, 6) is -0.459. The van der Waals surface area contributed by atoms with Crippen LogP contribution in [0.4, 0.5) is 13.2 Å². The third kappa shape index (κ3) is 6.85. The zero-order valence-corrected chi connectivity index (χ0v) is 23.7. The second-order valence-electron chi connectivity index (χ2n) is 9.90. The molecule has 13 heteroatoms. The number of nitriles is 1. The maximum absolute atomic E-state index is 13.4. The molecule has 41 heavy (non-hydrogen) atoms. The molecule has 0 aliphatic carbocycles. The summed E-state index contributed by atoms with van der Waals surface area (Å²) in [6, 6.07) is 8.40. The van der Waals surface area contributed by atoms with Gasteiger partial charge < -0.3 is 19.9 Å². The Bertz CT molecular complexity index is 1580. The fraction of sp³-hybridized carbons (Fsp3) is 0.321. The van der Waals surface area contributed by atoms with E-state index in [1.54, 1.807) is 13.1 Å². The van der Waals surface area contributed by atoms with Crippen molar-refractivity contribution in [3.8, 4) is 34.2 Å². The van der Waals surface area contributed by atoms with Crippen molar-refractivity contribution in [2.45, 2.75) is 12.7 Å². The molecular weight excluding hydrogens is 582 g/mol. The van der Waals surface area contributed by atoms with Crippen LogP contribution in [-0.4, -0.2) is 77.5 Å². The lowest BCUT2D eigenvalue weighted by atomic mass is 9.96. The number of piperazine rings is 1. The first kappa shape index (κ1) is 30.4. The highest BCUT2D eigenvalue weighted by atomic mass is 35.5. The molecule has 216 valence electrons. The van der Waals surface area contributed by atoms with E-state index in [2.05, 4.69) is 9.88 Å². The lowest BCUT2D eigenvalue weighted by Crippen LogP contribution is -2.48. The first-order valence-electron chi connectivity index (χ1n) is 12.5. The van der Waals surface area contributed by atoms with Crippen LogP contribution in [0.1, 0.15) is 16.7 Å². The zero-order valence-electron chi connectivity index (χ0n) is 22.1. The first-order valence-corrected chi connectivity index (χ1v) is 13.2. The van der Waals surface area contributed by atoms with Crippen molar-refractivity contribution in [2.75, 3.05) is 46.8 Å². The Kier molecular flexibility index (Phi) is 8.99. The number of hydrogen-bond donors (Lipinski definition) is 2. The second-order valence-corrected chi connectivity index (χ2v) is 10.7. The van der Waals surface area contributed by atoms with Crippen LogP contribution >= 0.6 is 23.2 Å². The van der Waals surface area contributed by atoms with E-state index in [4.69, 9.17) is 23.2 Å². The van der Waals surface area contributed by atoms with Crippen LogP contribution in [0, 0.1) is 11.3 Å². The lowest BCUT2D eigenvalue weighted by Gasteiger charge is -2.32. The molecule has 8 nitrogen and oxygen atoms in total. The number of pyridine rings is 1. The number of nitrogens with zero attached hydrogens (tertiary/aromatic N) is 4. The van der Waals surface area contributed by atoms with Gasteiger partial charge in [-0.25, -0.2) is 0 Å². The Hall–Kier alpha value is -3.56. The summed E-state index contributed by atoms with van der Waals surface area (Å²) in [5, 5.41) is 20.8. The molecule has 0 radical (unpaired) electrons. The molecule has 0 spiro atoms. The van der Waals surface area contributed by atoms with E-state index in [1.807, 2.05) is 11.9 Å². The number of H-pyrrole nitrogens is 1. The number of likely N-dealkylation sites (N-methyl/N-ethyl adjacent to an activating group) is 2. The minimum absolute atomic E-state index is 0.00120. The Labute approximate surface area is 244 Å². The van der Waals surface area contributed by atoms with Crippen LogP contribution in [0.25, 0.3) is 22.4 Å².